The number of hydrogen-bond donors (Lipinski definition) is 1. The highest BCUT2D eigenvalue weighted by atomic mass is 127. The smallest absolute Gasteiger partial charge is 0.308 e. The molecule has 0 saturated carbocycles. The van der Waals surface area contributed by atoms with Crippen molar-refractivity contribution in [2.75, 3.05) is 39.8 Å². The summed E-state index contributed by atoms with van der Waals surface area (Å²) in [5.41, 5.74) is 2.55. The minimum Gasteiger partial charge on any atom is -0.469 e. The molecule has 1 aliphatic rings. The van der Waals surface area contributed by atoms with Crippen LogP contribution in [0, 0.1) is 5.92 Å². The van der Waals surface area contributed by atoms with E-state index in [1.807, 2.05) is 0 Å². The molecule has 29 heavy (non-hydrogen) atoms. The van der Waals surface area contributed by atoms with Crippen molar-refractivity contribution in [1.82, 2.24) is 15.1 Å². The van der Waals surface area contributed by atoms with E-state index >= 15 is 0 Å². The second-order valence-corrected chi connectivity index (χ2v) is 7.23. The van der Waals surface area contributed by atoms with Gasteiger partial charge < -0.3 is 15.0 Å². The van der Waals surface area contributed by atoms with Gasteiger partial charge in [0.1, 0.15) is 0 Å². The molecular weight excluding hydrogens is 479 g/mol. The number of nitrogens with zero attached hydrogens (tertiary/aromatic N) is 3. The monoisotopic (exact) mass is 516 g/mol. The lowest BCUT2D eigenvalue weighted by molar-refractivity contribution is -0.146. The van der Waals surface area contributed by atoms with E-state index in [-0.39, 0.29) is 35.9 Å². The molecule has 2 rings (SSSR count). The van der Waals surface area contributed by atoms with Crippen molar-refractivity contribution in [3.8, 4) is 0 Å². The maximum atomic E-state index is 11.7. The minimum atomic E-state index is -0.0913. The van der Waals surface area contributed by atoms with Crippen LogP contribution in [-0.4, -0.2) is 61.6 Å². The molecule has 0 aliphatic carbocycles. The zero-order chi connectivity index (χ0) is 20.4. The second-order valence-electron chi connectivity index (χ2n) is 7.23. The van der Waals surface area contributed by atoms with Gasteiger partial charge >= 0.3 is 5.97 Å². The Morgan fingerprint density at radius 2 is 1.72 bits per heavy atom. The minimum absolute atomic E-state index is 0. The van der Waals surface area contributed by atoms with Gasteiger partial charge in [0.05, 0.1) is 19.6 Å². The van der Waals surface area contributed by atoms with Crippen LogP contribution in [0.5, 0.6) is 0 Å². The largest absolute Gasteiger partial charge is 0.469 e. The average molecular weight is 516 g/mol. The van der Waals surface area contributed by atoms with Crippen LogP contribution < -0.4 is 5.32 Å². The first-order valence-corrected chi connectivity index (χ1v) is 10.5. The van der Waals surface area contributed by atoms with Crippen molar-refractivity contribution in [2.24, 2.45) is 10.9 Å². The van der Waals surface area contributed by atoms with Crippen molar-refractivity contribution in [3.63, 3.8) is 0 Å². The van der Waals surface area contributed by atoms with Crippen LogP contribution >= 0.6 is 24.0 Å². The molecule has 1 heterocycles. The van der Waals surface area contributed by atoms with Crippen LogP contribution in [0.1, 0.15) is 44.7 Å². The predicted molar refractivity (Wildman–Crippen MR) is 130 cm³/mol. The number of rotatable bonds is 8. The molecule has 0 unspecified atom stereocenters. The molecule has 1 aliphatic heterocycles. The number of benzene rings is 1. The van der Waals surface area contributed by atoms with Crippen LogP contribution in [-0.2, 0) is 22.6 Å². The Morgan fingerprint density at radius 3 is 2.24 bits per heavy atom. The third-order valence-electron chi connectivity index (χ3n) is 5.40. The normalized spacial score (nSPS) is 15.2. The van der Waals surface area contributed by atoms with Gasteiger partial charge in [-0.2, -0.15) is 0 Å². The van der Waals surface area contributed by atoms with E-state index < -0.39 is 0 Å². The molecule has 7 heteroatoms. The zero-order valence-corrected chi connectivity index (χ0v) is 20.6. The summed E-state index contributed by atoms with van der Waals surface area (Å²) >= 11 is 0. The van der Waals surface area contributed by atoms with Gasteiger partial charge in [-0.1, -0.05) is 38.1 Å². The highest BCUT2D eigenvalue weighted by Gasteiger charge is 2.26. The van der Waals surface area contributed by atoms with E-state index in [2.05, 4.69) is 60.2 Å². The summed E-state index contributed by atoms with van der Waals surface area (Å²) in [6.45, 7) is 12.8. The number of methoxy groups -OCH3 is 1. The first-order chi connectivity index (χ1) is 13.6. The fourth-order valence-corrected chi connectivity index (χ4v) is 3.54. The lowest BCUT2D eigenvalue weighted by atomic mass is 9.97. The summed E-state index contributed by atoms with van der Waals surface area (Å²) < 4.78 is 4.88. The number of halogens is 1. The summed E-state index contributed by atoms with van der Waals surface area (Å²) in [5.74, 6) is 0.854. The lowest BCUT2D eigenvalue weighted by Crippen LogP contribution is -2.46. The highest BCUT2D eigenvalue weighted by molar-refractivity contribution is 14.0. The topological polar surface area (TPSA) is 57.2 Å². The summed E-state index contributed by atoms with van der Waals surface area (Å²) in [5, 5.41) is 3.39. The zero-order valence-electron chi connectivity index (χ0n) is 18.3. The number of esters is 1. The van der Waals surface area contributed by atoms with E-state index in [1.165, 1.54) is 18.2 Å². The fraction of sp³-hybridized carbons (Fsp3) is 0.636. The number of hydrogen-bond acceptors (Lipinski definition) is 4. The van der Waals surface area contributed by atoms with Gasteiger partial charge in [-0.05, 0) is 44.0 Å². The Balaban J connectivity index is 0.00000420. The van der Waals surface area contributed by atoms with Gasteiger partial charge in [0.2, 0.25) is 0 Å². The molecule has 0 amide bonds. The molecule has 1 N–H and O–H groups in total. The SMILES string of the molecule is CCNC(=NCc1ccc(CN(CC)CC)cc1)N1CCC(C(=O)OC)CC1.I. The van der Waals surface area contributed by atoms with Gasteiger partial charge in [0.15, 0.2) is 5.96 Å². The quantitative estimate of drug-likeness (QED) is 0.248. The maximum Gasteiger partial charge on any atom is 0.308 e. The van der Waals surface area contributed by atoms with E-state index in [1.54, 1.807) is 0 Å². The van der Waals surface area contributed by atoms with Crippen LogP contribution in [0.25, 0.3) is 0 Å². The molecule has 1 aromatic carbocycles. The molecule has 6 nitrogen and oxygen atoms in total. The molecule has 0 radical (unpaired) electrons. The maximum absolute atomic E-state index is 11.7. The molecule has 164 valence electrons. The van der Waals surface area contributed by atoms with Crippen LogP contribution in [0.3, 0.4) is 0 Å². The third-order valence-corrected chi connectivity index (χ3v) is 5.40. The number of ether oxygens (including phenoxy) is 1. The summed E-state index contributed by atoms with van der Waals surface area (Å²) in [4.78, 5) is 21.2. The molecular formula is C22H37IN4O2. The molecule has 0 spiro atoms. The standard InChI is InChI=1S/C22H36N4O2.HI/c1-5-23-22(26-14-12-20(13-15-26)21(27)28-4)24-16-18-8-10-19(11-9-18)17-25(6-2)7-3;/h8-11,20H,5-7,12-17H2,1-4H3,(H,23,24);1H. The van der Waals surface area contributed by atoms with Crippen molar-refractivity contribution in [1.29, 1.82) is 0 Å². The van der Waals surface area contributed by atoms with E-state index in [0.29, 0.717) is 6.54 Å². The number of piperidine rings is 1. The van der Waals surface area contributed by atoms with Gasteiger partial charge in [-0.25, -0.2) is 4.99 Å². The van der Waals surface area contributed by atoms with Gasteiger partial charge in [0.25, 0.3) is 0 Å². The van der Waals surface area contributed by atoms with Crippen molar-refractivity contribution in [2.45, 2.75) is 46.7 Å². The summed E-state index contributed by atoms with van der Waals surface area (Å²) in [6, 6.07) is 8.76. The molecule has 1 fully saturated rings. The Bertz CT molecular complexity index is 624. The Kier molecular flexibility index (Phi) is 12.2. The molecule has 0 aromatic heterocycles. The highest BCUT2D eigenvalue weighted by Crippen LogP contribution is 2.18. The van der Waals surface area contributed by atoms with Crippen molar-refractivity contribution >= 4 is 35.9 Å². The van der Waals surface area contributed by atoms with Crippen molar-refractivity contribution in [3.05, 3.63) is 35.4 Å². The van der Waals surface area contributed by atoms with Crippen LogP contribution in [0.15, 0.2) is 29.3 Å². The lowest BCUT2D eigenvalue weighted by Gasteiger charge is -2.33. The van der Waals surface area contributed by atoms with E-state index in [0.717, 1.165) is 58.1 Å². The molecule has 1 saturated heterocycles. The number of guanidine groups is 1. The summed E-state index contributed by atoms with van der Waals surface area (Å²) in [6.07, 6.45) is 1.63. The second kappa shape index (κ2) is 13.8. The van der Waals surface area contributed by atoms with Gasteiger partial charge in [-0.3, -0.25) is 9.69 Å². The first-order valence-electron chi connectivity index (χ1n) is 10.5. The number of carbonyl (C=O) groups is 1. The number of likely N-dealkylation sites (tertiary alicyclic amines) is 1. The average Bonchev–Trinajstić information content (AvgIpc) is 2.75. The number of aliphatic imine (C=N–C) groups is 1. The summed E-state index contributed by atoms with van der Waals surface area (Å²) in [7, 11) is 1.47. The third kappa shape index (κ3) is 8.12. The molecule has 0 atom stereocenters. The Morgan fingerprint density at radius 1 is 1.14 bits per heavy atom. The van der Waals surface area contributed by atoms with Crippen LogP contribution in [0.4, 0.5) is 0 Å². The Hall–Kier alpha value is -1.35. The van der Waals surface area contributed by atoms with Crippen LogP contribution in [0.2, 0.25) is 0 Å². The number of carbonyl (C=O) groups excluding carboxylic acids is 1. The molecule has 1 aromatic rings. The van der Waals surface area contributed by atoms with E-state index in [4.69, 9.17) is 9.73 Å². The van der Waals surface area contributed by atoms with Gasteiger partial charge in [0, 0.05) is 26.2 Å². The molecule has 0 bridgehead atoms. The number of nitrogens with one attached hydrogen (secondary N) is 1. The predicted octanol–water partition coefficient (Wildman–Crippen LogP) is 3.50. The Labute approximate surface area is 193 Å². The fourth-order valence-electron chi connectivity index (χ4n) is 3.54. The van der Waals surface area contributed by atoms with E-state index in [9.17, 15) is 4.79 Å². The first kappa shape index (κ1) is 25.7. The van der Waals surface area contributed by atoms with Gasteiger partial charge in [-0.15, -0.1) is 24.0 Å². The van der Waals surface area contributed by atoms with Crippen molar-refractivity contribution < 1.29 is 9.53 Å².